The highest BCUT2D eigenvalue weighted by Gasteiger charge is 2.08. The zero-order valence-electron chi connectivity index (χ0n) is 6.21. The molecular formula is C6H5FN4O. The molecule has 2 heterocycles. The fourth-order valence-corrected chi connectivity index (χ4v) is 0.985. The normalized spacial score (nSPS) is 10.8. The summed E-state index contributed by atoms with van der Waals surface area (Å²) in [6, 6.07) is 0. The van der Waals surface area contributed by atoms with Crippen LogP contribution in [0, 0.1) is 12.7 Å². The van der Waals surface area contributed by atoms with Crippen molar-refractivity contribution in [3.63, 3.8) is 0 Å². The zero-order chi connectivity index (χ0) is 8.72. The standard InChI is InChI=1S/C6H5FN4O/c1-3-9-6(12)5-4(7)2-8-11(5)10-3/h2H,1H3,(H,9,10,12). The quantitative estimate of drug-likeness (QED) is 0.595. The molecule has 2 aromatic rings. The maximum atomic E-state index is 12.8. The molecule has 0 aliphatic rings. The van der Waals surface area contributed by atoms with Crippen LogP contribution in [-0.2, 0) is 0 Å². The number of aryl methyl sites for hydroxylation is 1. The summed E-state index contributed by atoms with van der Waals surface area (Å²) in [5.41, 5.74) is -0.668. The van der Waals surface area contributed by atoms with Crippen LogP contribution in [0.5, 0.6) is 0 Å². The van der Waals surface area contributed by atoms with Crippen molar-refractivity contribution in [2.24, 2.45) is 0 Å². The lowest BCUT2D eigenvalue weighted by molar-refractivity contribution is 0.636. The average molecular weight is 168 g/mol. The Labute approximate surface area is 65.8 Å². The van der Waals surface area contributed by atoms with Crippen molar-refractivity contribution in [1.82, 2.24) is 19.8 Å². The Morgan fingerprint density at radius 3 is 3.17 bits per heavy atom. The molecule has 0 amide bonds. The first-order chi connectivity index (χ1) is 5.68. The summed E-state index contributed by atoms with van der Waals surface area (Å²) >= 11 is 0. The van der Waals surface area contributed by atoms with Gasteiger partial charge in [-0.2, -0.15) is 5.10 Å². The first kappa shape index (κ1) is 6.96. The van der Waals surface area contributed by atoms with E-state index in [1.807, 2.05) is 0 Å². The van der Waals surface area contributed by atoms with Gasteiger partial charge >= 0.3 is 0 Å². The van der Waals surface area contributed by atoms with Gasteiger partial charge in [0.1, 0.15) is 5.82 Å². The highest BCUT2D eigenvalue weighted by Crippen LogP contribution is 1.99. The molecule has 5 nitrogen and oxygen atoms in total. The van der Waals surface area contributed by atoms with Crippen LogP contribution in [0.1, 0.15) is 5.82 Å². The molecule has 0 saturated carbocycles. The maximum absolute atomic E-state index is 12.8. The summed E-state index contributed by atoms with van der Waals surface area (Å²) < 4.78 is 13.8. The van der Waals surface area contributed by atoms with Gasteiger partial charge in [-0.25, -0.2) is 4.39 Å². The molecule has 12 heavy (non-hydrogen) atoms. The van der Waals surface area contributed by atoms with Gasteiger partial charge in [0.2, 0.25) is 0 Å². The monoisotopic (exact) mass is 168 g/mol. The number of nitrogens with zero attached hydrogens (tertiary/aromatic N) is 3. The third kappa shape index (κ3) is 0.810. The summed E-state index contributed by atoms with van der Waals surface area (Å²) in [6.45, 7) is 1.60. The van der Waals surface area contributed by atoms with E-state index in [1.54, 1.807) is 6.92 Å². The third-order valence-electron chi connectivity index (χ3n) is 1.46. The second kappa shape index (κ2) is 2.13. The summed E-state index contributed by atoms with van der Waals surface area (Å²) in [5.74, 6) is -0.264. The molecule has 0 atom stereocenters. The van der Waals surface area contributed by atoms with Crippen molar-refractivity contribution >= 4 is 5.52 Å². The van der Waals surface area contributed by atoms with E-state index in [4.69, 9.17) is 0 Å². The van der Waals surface area contributed by atoms with Crippen LogP contribution < -0.4 is 5.56 Å². The van der Waals surface area contributed by atoms with E-state index in [2.05, 4.69) is 15.2 Å². The molecule has 0 unspecified atom stereocenters. The fourth-order valence-electron chi connectivity index (χ4n) is 0.985. The van der Waals surface area contributed by atoms with Crippen LogP contribution in [0.25, 0.3) is 5.52 Å². The average Bonchev–Trinajstić information content (AvgIpc) is 2.31. The topological polar surface area (TPSA) is 63.1 Å². The number of hydrogen-bond acceptors (Lipinski definition) is 3. The van der Waals surface area contributed by atoms with E-state index < -0.39 is 11.4 Å². The number of aromatic nitrogens is 4. The van der Waals surface area contributed by atoms with Crippen LogP contribution in [0.3, 0.4) is 0 Å². The lowest BCUT2D eigenvalue weighted by Crippen LogP contribution is -2.15. The zero-order valence-corrected chi connectivity index (χ0v) is 6.21. The van der Waals surface area contributed by atoms with Crippen LogP contribution in [0.15, 0.2) is 11.0 Å². The predicted octanol–water partition coefficient (Wildman–Crippen LogP) is -0.135. The van der Waals surface area contributed by atoms with Crippen LogP contribution in [-0.4, -0.2) is 19.8 Å². The van der Waals surface area contributed by atoms with Crippen LogP contribution in [0.4, 0.5) is 4.39 Å². The number of rotatable bonds is 0. The first-order valence-electron chi connectivity index (χ1n) is 3.29. The lowest BCUT2D eigenvalue weighted by atomic mass is 10.5. The second-order valence-electron chi connectivity index (χ2n) is 2.37. The molecule has 2 aromatic heterocycles. The lowest BCUT2D eigenvalue weighted by Gasteiger charge is -1.92. The van der Waals surface area contributed by atoms with Gasteiger partial charge in [-0.05, 0) is 6.92 Å². The van der Waals surface area contributed by atoms with Gasteiger partial charge in [-0.3, -0.25) is 4.79 Å². The minimum Gasteiger partial charge on any atom is -0.307 e. The Hall–Kier alpha value is -1.72. The summed E-state index contributed by atoms with van der Waals surface area (Å²) in [5, 5.41) is 7.32. The molecule has 1 N–H and O–H groups in total. The number of halogens is 1. The van der Waals surface area contributed by atoms with Gasteiger partial charge in [0.05, 0.1) is 6.20 Å². The largest absolute Gasteiger partial charge is 0.307 e. The highest BCUT2D eigenvalue weighted by molar-refractivity contribution is 5.42. The van der Waals surface area contributed by atoms with Gasteiger partial charge in [-0.15, -0.1) is 9.73 Å². The second-order valence-corrected chi connectivity index (χ2v) is 2.37. The molecule has 0 aromatic carbocycles. The molecule has 0 radical (unpaired) electrons. The smallest absolute Gasteiger partial charge is 0.280 e. The number of nitrogens with one attached hydrogen (secondary N) is 1. The van der Waals surface area contributed by atoms with E-state index in [9.17, 15) is 9.18 Å². The minimum atomic E-state index is -0.663. The van der Waals surface area contributed by atoms with Crippen molar-refractivity contribution in [2.45, 2.75) is 6.92 Å². The van der Waals surface area contributed by atoms with Gasteiger partial charge in [0, 0.05) is 0 Å². The van der Waals surface area contributed by atoms with E-state index in [-0.39, 0.29) is 5.52 Å². The van der Waals surface area contributed by atoms with Crippen molar-refractivity contribution in [2.75, 3.05) is 0 Å². The van der Waals surface area contributed by atoms with Crippen LogP contribution in [0.2, 0.25) is 0 Å². The first-order valence-corrected chi connectivity index (χ1v) is 3.29. The molecule has 0 saturated heterocycles. The van der Waals surface area contributed by atoms with Crippen molar-refractivity contribution in [3.05, 3.63) is 28.2 Å². The molecule has 0 bridgehead atoms. The molecule has 2 rings (SSSR count). The molecule has 62 valence electrons. The van der Waals surface area contributed by atoms with E-state index >= 15 is 0 Å². The summed E-state index contributed by atoms with van der Waals surface area (Å²) in [7, 11) is 0. The fraction of sp³-hybridized carbons (Fsp3) is 0.167. The minimum absolute atomic E-state index is 0.152. The molecule has 6 heteroatoms. The Balaban J connectivity index is 3.03. The summed E-state index contributed by atoms with van der Waals surface area (Å²) in [6.07, 6.45) is 0.955. The van der Waals surface area contributed by atoms with E-state index in [0.29, 0.717) is 5.82 Å². The van der Waals surface area contributed by atoms with Crippen molar-refractivity contribution in [1.29, 1.82) is 0 Å². The van der Waals surface area contributed by atoms with Crippen molar-refractivity contribution < 1.29 is 4.39 Å². The molecule has 0 spiro atoms. The van der Waals surface area contributed by atoms with E-state index in [1.165, 1.54) is 0 Å². The maximum Gasteiger partial charge on any atom is 0.280 e. The molecule has 0 aliphatic carbocycles. The van der Waals surface area contributed by atoms with Crippen LogP contribution >= 0.6 is 0 Å². The molecule has 0 aliphatic heterocycles. The number of fused-ring (bicyclic) bond motifs is 1. The molecule has 0 fully saturated rings. The number of aromatic amines is 1. The number of H-pyrrole nitrogens is 1. The highest BCUT2D eigenvalue weighted by atomic mass is 19.1. The van der Waals surface area contributed by atoms with Gasteiger partial charge < -0.3 is 4.98 Å². The Morgan fingerprint density at radius 2 is 2.42 bits per heavy atom. The predicted molar refractivity (Wildman–Crippen MR) is 38.3 cm³/mol. The number of hydrogen-bond donors (Lipinski definition) is 1. The SMILES string of the molecule is Cc1nn2ncc(F)c2c(=O)[nH]1. The van der Waals surface area contributed by atoms with Crippen molar-refractivity contribution in [3.8, 4) is 0 Å². The van der Waals surface area contributed by atoms with Gasteiger partial charge in [0.25, 0.3) is 5.56 Å². The third-order valence-corrected chi connectivity index (χ3v) is 1.46. The van der Waals surface area contributed by atoms with E-state index in [0.717, 1.165) is 10.8 Å². The van der Waals surface area contributed by atoms with Gasteiger partial charge in [-0.1, -0.05) is 0 Å². The molecular weight excluding hydrogens is 163 g/mol. The summed E-state index contributed by atoms with van der Waals surface area (Å²) in [4.78, 5) is 13.5. The van der Waals surface area contributed by atoms with Gasteiger partial charge in [0.15, 0.2) is 11.3 Å². The Kier molecular flexibility index (Phi) is 1.24. The Bertz CT molecular complexity index is 486. The Morgan fingerprint density at radius 1 is 1.67 bits per heavy atom.